The lowest BCUT2D eigenvalue weighted by Crippen LogP contribution is -2.22. The maximum atomic E-state index is 7.25. The summed E-state index contributed by atoms with van der Waals surface area (Å²) < 4.78 is 7.13. The number of aromatic nitrogens is 6. The predicted octanol–water partition coefficient (Wildman–Crippen LogP) is 3.51. The number of rotatable bonds is 8. The highest BCUT2D eigenvalue weighted by molar-refractivity contribution is 5.90. The Morgan fingerprint density at radius 1 is 1.21 bits per heavy atom. The molecule has 0 fully saturated rings. The Hall–Kier alpha value is -4.30. The van der Waals surface area contributed by atoms with E-state index in [2.05, 4.69) is 35.0 Å². The Morgan fingerprint density at radius 3 is 2.79 bits per heavy atom. The van der Waals surface area contributed by atoms with Crippen LogP contribution in [0.1, 0.15) is 12.0 Å². The average molecular weight is 445 g/mol. The minimum absolute atomic E-state index is 0.354. The SMILES string of the molecule is [C-]#[N+]c1cc(C)c(N(CCCOC)c2cc(Nc3cc(N)ncn3)c3ncn(C)c3n2)cn1. The van der Waals surface area contributed by atoms with Gasteiger partial charge < -0.3 is 30.1 Å². The number of nitrogens with one attached hydrogen (secondary N) is 1. The quantitative estimate of drug-likeness (QED) is 0.310. The lowest BCUT2D eigenvalue weighted by Gasteiger charge is -2.25. The molecular formula is C22H24N10O. The van der Waals surface area contributed by atoms with Gasteiger partial charge in [0.15, 0.2) is 5.65 Å². The number of nitrogen functional groups attached to an aromatic ring is 1. The lowest BCUT2D eigenvalue weighted by molar-refractivity contribution is 0.196. The van der Waals surface area contributed by atoms with Gasteiger partial charge in [-0.25, -0.2) is 19.9 Å². The van der Waals surface area contributed by atoms with Crippen LogP contribution in [0.4, 0.5) is 34.6 Å². The van der Waals surface area contributed by atoms with Crippen LogP contribution in [0.5, 0.6) is 0 Å². The van der Waals surface area contributed by atoms with Crippen LogP contribution in [-0.4, -0.2) is 49.7 Å². The number of nitrogens with zero attached hydrogens (tertiary/aromatic N) is 8. The Morgan fingerprint density at radius 2 is 2.06 bits per heavy atom. The lowest BCUT2D eigenvalue weighted by atomic mass is 10.2. The fraction of sp³-hybridized carbons (Fsp3) is 0.273. The fourth-order valence-corrected chi connectivity index (χ4v) is 3.50. The molecule has 0 aliphatic carbocycles. The highest BCUT2D eigenvalue weighted by atomic mass is 16.5. The largest absolute Gasteiger partial charge is 0.385 e. The molecule has 11 heteroatoms. The summed E-state index contributed by atoms with van der Waals surface area (Å²) in [6.07, 6.45) is 5.60. The Kier molecular flexibility index (Phi) is 6.28. The first-order chi connectivity index (χ1) is 16.0. The van der Waals surface area contributed by atoms with E-state index in [0.717, 1.165) is 23.4 Å². The van der Waals surface area contributed by atoms with Gasteiger partial charge in [0.05, 0.1) is 17.7 Å². The van der Waals surface area contributed by atoms with Crippen molar-refractivity contribution in [3.63, 3.8) is 0 Å². The van der Waals surface area contributed by atoms with Gasteiger partial charge in [0.1, 0.15) is 35.5 Å². The van der Waals surface area contributed by atoms with Crippen LogP contribution in [0.3, 0.4) is 0 Å². The topological polar surface area (TPSA) is 124 Å². The van der Waals surface area contributed by atoms with E-state index in [4.69, 9.17) is 22.0 Å². The van der Waals surface area contributed by atoms with Crippen LogP contribution in [0.25, 0.3) is 16.0 Å². The second kappa shape index (κ2) is 9.46. The van der Waals surface area contributed by atoms with Crippen LogP contribution in [0.2, 0.25) is 0 Å². The van der Waals surface area contributed by atoms with Gasteiger partial charge in [-0.15, -0.1) is 4.98 Å². The molecule has 168 valence electrons. The zero-order chi connectivity index (χ0) is 23.4. The molecule has 0 spiro atoms. The number of hydrogen-bond donors (Lipinski definition) is 2. The average Bonchev–Trinajstić information content (AvgIpc) is 3.18. The van der Waals surface area contributed by atoms with Gasteiger partial charge in [-0.3, -0.25) is 0 Å². The second-order valence-electron chi connectivity index (χ2n) is 7.45. The number of aryl methyl sites for hydroxylation is 2. The summed E-state index contributed by atoms with van der Waals surface area (Å²) in [5.74, 6) is 1.97. The molecule has 33 heavy (non-hydrogen) atoms. The van der Waals surface area contributed by atoms with E-state index in [0.29, 0.717) is 47.6 Å². The van der Waals surface area contributed by atoms with E-state index in [1.807, 2.05) is 24.6 Å². The zero-order valence-corrected chi connectivity index (χ0v) is 18.6. The molecule has 0 saturated heterocycles. The normalized spacial score (nSPS) is 10.8. The molecule has 0 radical (unpaired) electrons. The number of anilines is 5. The maximum absolute atomic E-state index is 7.25. The van der Waals surface area contributed by atoms with E-state index in [1.165, 1.54) is 6.33 Å². The minimum atomic E-state index is 0.354. The molecule has 0 aromatic carbocycles. The number of nitrogens with two attached hydrogens (primary N) is 1. The summed E-state index contributed by atoms with van der Waals surface area (Å²) in [6.45, 7) is 10.4. The van der Waals surface area contributed by atoms with E-state index in [-0.39, 0.29) is 0 Å². The van der Waals surface area contributed by atoms with Gasteiger partial charge in [-0.05, 0) is 25.0 Å². The van der Waals surface area contributed by atoms with Crippen molar-refractivity contribution in [2.24, 2.45) is 7.05 Å². The molecule has 4 heterocycles. The molecule has 0 aliphatic rings. The molecular weight excluding hydrogens is 420 g/mol. The number of pyridine rings is 2. The molecule has 4 aromatic heterocycles. The molecule has 0 bridgehead atoms. The Labute approximate surface area is 191 Å². The van der Waals surface area contributed by atoms with Crippen LogP contribution in [-0.2, 0) is 11.8 Å². The van der Waals surface area contributed by atoms with Crippen molar-refractivity contribution in [1.29, 1.82) is 0 Å². The standard InChI is InChI=1S/C22H24N10O/c1-14-8-18(24-2)25-11-16(14)32(6-5-7-33-4)20-9-15(21-22(30-20)31(3)13-28-21)29-19-10-17(23)26-12-27-19/h8-13H,5-7H2,1,3-4H3,(H3,23,26,27,29,30). The van der Waals surface area contributed by atoms with Crippen molar-refractivity contribution >= 4 is 45.8 Å². The van der Waals surface area contributed by atoms with E-state index >= 15 is 0 Å². The first kappa shape index (κ1) is 21.9. The summed E-state index contributed by atoms with van der Waals surface area (Å²) in [5, 5.41) is 3.29. The summed E-state index contributed by atoms with van der Waals surface area (Å²) in [6, 6.07) is 5.35. The molecule has 0 saturated carbocycles. The minimum Gasteiger partial charge on any atom is -0.385 e. The molecule has 4 rings (SSSR count). The smallest absolute Gasteiger partial charge is 0.269 e. The number of methoxy groups -OCH3 is 1. The van der Waals surface area contributed by atoms with E-state index < -0.39 is 0 Å². The van der Waals surface area contributed by atoms with E-state index in [1.54, 1.807) is 31.8 Å². The third kappa shape index (κ3) is 4.65. The number of hydrogen-bond acceptors (Lipinski definition) is 9. The van der Waals surface area contributed by atoms with Crippen LogP contribution < -0.4 is 16.0 Å². The predicted molar refractivity (Wildman–Crippen MR) is 127 cm³/mol. The zero-order valence-electron chi connectivity index (χ0n) is 18.6. The van der Waals surface area contributed by atoms with Crippen molar-refractivity contribution in [3.05, 3.63) is 54.0 Å². The highest BCUT2D eigenvalue weighted by Gasteiger charge is 2.19. The number of imidazole rings is 1. The van der Waals surface area contributed by atoms with Crippen molar-refractivity contribution in [1.82, 2.24) is 29.5 Å². The fourth-order valence-electron chi connectivity index (χ4n) is 3.50. The first-order valence-electron chi connectivity index (χ1n) is 10.3. The molecule has 11 nitrogen and oxygen atoms in total. The molecule has 0 unspecified atom stereocenters. The van der Waals surface area contributed by atoms with Crippen molar-refractivity contribution < 1.29 is 4.74 Å². The number of ether oxygens (including phenoxy) is 1. The van der Waals surface area contributed by atoms with Crippen LogP contribution >= 0.6 is 0 Å². The first-order valence-corrected chi connectivity index (χ1v) is 10.3. The monoisotopic (exact) mass is 444 g/mol. The Bertz CT molecular complexity index is 1330. The van der Waals surface area contributed by atoms with E-state index in [9.17, 15) is 0 Å². The molecule has 0 aliphatic heterocycles. The van der Waals surface area contributed by atoms with Gasteiger partial charge in [0.2, 0.25) is 0 Å². The van der Waals surface area contributed by atoms with Crippen molar-refractivity contribution in [3.8, 4) is 0 Å². The Balaban J connectivity index is 1.83. The van der Waals surface area contributed by atoms with Gasteiger partial charge in [0, 0.05) is 39.4 Å². The van der Waals surface area contributed by atoms with Crippen LogP contribution in [0, 0.1) is 13.5 Å². The van der Waals surface area contributed by atoms with Gasteiger partial charge in [-0.1, -0.05) is 6.57 Å². The third-order valence-corrected chi connectivity index (χ3v) is 5.09. The molecule has 4 aromatic rings. The summed E-state index contributed by atoms with van der Waals surface area (Å²) in [4.78, 5) is 27.4. The third-order valence-electron chi connectivity index (χ3n) is 5.09. The van der Waals surface area contributed by atoms with Crippen molar-refractivity contribution in [2.75, 3.05) is 36.2 Å². The van der Waals surface area contributed by atoms with Gasteiger partial charge >= 0.3 is 0 Å². The summed E-state index contributed by atoms with van der Waals surface area (Å²) in [7, 11) is 3.57. The molecule has 3 N–H and O–H groups in total. The van der Waals surface area contributed by atoms with Crippen LogP contribution in [0.15, 0.2) is 37.1 Å². The summed E-state index contributed by atoms with van der Waals surface area (Å²) in [5.41, 5.74) is 9.75. The van der Waals surface area contributed by atoms with Crippen molar-refractivity contribution in [2.45, 2.75) is 13.3 Å². The molecule has 0 atom stereocenters. The number of fused-ring (bicyclic) bond motifs is 1. The molecule has 0 amide bonds. The second-order valence-corrected chi connectivity index (χ2v) is 7.45. The van der Waals surface area contributed by atoms with Gasteiger partial charge in [0.25, 0.3) is 5.82 Å². The highest BCUT2D eigenvalue weighted by Crippen LogP contribution is 2.33. The maximum Gasteiger partial charge on any atom is 0.269 e. The van der Waals surface area contributed by atoms with Gasteiger partial charge in [-0.2, -0.15) is 0 Å². The summed E-state index contributed by atoms with van der Waals surface area (Å²) >= 11 is 0.